The van der Waals surface area contributed by atoms with E-state index in [1.54, 1.807) is 0 Å². The van der Waals surface area contributed by atoms with Gasteiger partial charge in [-0.15, -0.1) is 11.3 Å². The Kier molecular flexibility index (Phi) is 5.48. The van der Waals surface area contributed by atoms with Gasteiger partial charge in [-0.05, 0) is 74.6 Å². The molecule has 26 heavy (non-hydrogen) atoms. The van der Waals surface area contributed by atoms with Crippen LogP contribution in [-0.4, -0.2) is 43.2 Å². The highest BCUT2D eigenvalue weighted by molar-refractivity contribution is 7.10. The summed E-state index contributed by atoms with van der Waals surface area (Å²) in [6.07, 6.45) is 2.71. The molecule has 2 aromatic rings. The van der Waals surface area contributed by atoms with Crippen LogP contribution in [0, 0.1) is 0 Å². The summed E-state index contributed by atoms with van der Waals surface area (Å²) in [7, 11) is 2.20. The van der Waals surface area contributed by atoms with Crippen molar-refractivity contribution in [2.75, 3.05) is 33.4 Å². The average Bonchev–Trinajstić information content (AvgIpc) is 3.33. The van der Waals surface area contributed by atoms with Crippen LogP contribution >= 0.6 is 11.3 Å². The third-order valence-electron chi connectivity index (χ3n) is 5.43. The second-order valence-electron chi connectivity index (χ2n) is 7.40. The van der Waals surface area contributed by atoms with E-state index in [0.29, 0.717) is 19.3 Å². The van der Waals surface area contributed by atoms with Crippen LogP contribution in [0.3, 0.4) is 0 Å². The number of rotatable bonds is 6. The SMILES string of the molecule is CC(c1ccc2c(c1)OCCO2)N(C)Cc1cc(CN2CCCC2)cs1. The maximum Gasteiger partial charge on any atom is 0.161 e. The Morgan fingerprint density at radius 3 is 2.69 bits per heavy atom. The maximum absolute atomic E-state index is 5.73. The van der Waals surface area contributed by atoms with Crippen LogP contribution < -0.4 is 9.47 Å². The average molecular weight is 373 g/mol. The predicted molar refractivity (Wildman–Crippen MR) is 106 cm³/mol. The summed E-state index contributed by atoms with van der Waals surface area (Å²) in [5.74, 6) is 1.73. The molecule has 1 aromatic heterocycles. The second-order valence-corrected chi connectivity index (χ2v) is 8.39. The molecule has 5 heteroatoms. The summed E-state index contributed by atoms with van der Waals surface area (Å²) in [6.45, 7) is 8.12. The van der Waals surface area contributed by atoms with Crippen molar-refractivity contribution in [3.05, 3.63) is 45.6 Å². The zero-order chi connectivity index (χ0) is 17.9. The molecule has 4 rings (SSSR count). The highest BCUT2D eigenvalue weighted by Crippen LogP contribution is 2.34. The number of likely N-dealkylation sites (tertiary alicyclic amines) is 1. The molecule has 1 unspecified atom stereocenters. The molecule has 0 saturated carbocycles. The molecule has 1 aromatic carbocycles. The summed E-state index contributed by atoms with van der Waals surface area (Å²) < 4.78 is 11.4. The minimum Gasteiger partial charge on any atom is -0.486 e. The van der Waals surface area contributed by atoms with E-state index in [9.17, 15) is 0 Å². The Labute approximate surface area is 160 Å². The topological polar surface area (TPSA) is 24.9 Å². The summed E-state index contributed by atoms with van der Waals surface area (Å²) in [4.78, 5) is 6.40. The lowest BCUT2D eigenvalue weighted by Gasteiger charge is -2.26. The lowest BCUT2D eigenvalue weighted by Crippen LogP contribution is -2.22. The van der Waals surface area contributed by atoms with Crippen LogP contribution in [0.5, 0.6) is 11.5 Å². The summed E-state index contributed by atoms with van der Waals surface area (Å²) in [5, 5.41) is 2.33. The molecular weight excluding hydrogens is 344 g/mol. The van der Waals surface area contributed by atoms with E-state index < -0.39 is 0 Å². The molecule has 3 heterocycles. The highest BCUT2D eigenvalue weighted by atomic mass is 32.1. The quantitative estimate of drug-likeness (QED) is 0.754. The molecule has 2 aliphatic heterocycles. The first-order valence-electron chi connectivity index (χ1n) is 9.57. The standard InChI is InChI=1S/C21H28N2O2S/c1-16(18-5-6-20-21(12-18)25-10-9-24-20)22(2)14-19-11-17(15-26-19)13-23-7-3-4-8-23/h5-6,11-12,15-16H,3-4,7-10,13-14H2,1-2H3. The summed E-state index contributed by atoms with van der Waals surface area (Å²) in [6, 6.07) is 9.03. The molecule has 1 saturated heterocycles. The van der Waals surface area contributed by atoms with E-state index in [1.165, 1.54) is 41.9 Å². The smallest absolute Gasteiger partial charge is 0.161 e. The number of hydrogen-bond acceptors (Lipinski definition) is 5. The number of nitrogens with zero attached hydrogens (tertiary/aromatic N) is 2. The molecular formula is C21H28N2O2S. The Morgan fingerprint density at radius 1 is 1.12 bits per heavy atom. The van der Waals surface area contributed by atoms with Crippen molar-refractivity contribution in [2.24, 2.45) is 0 Å². The largest absolute Gasteiger partial charge is 0.486 e. The first kappa shape index (κ1) is 17.8. The fourth-order valence-electron chi connectivity index (χ4n) is 3.75. The minimum absolute atomic E-state index is 0.329. The normalized spacial score (nSPS) is 18.4. The number of fused-ring (bicyclic) bond motifs is 1. The van der Waals surface area contributed by atoms with Gasteiger partial charge in [-0.1, -0.05) is 6.07 Å². The Balaban J connectivity index is 1.38. The van der Waals surface area contributed by atoms with E-state index in [1.807, 2.05) is 17.4 Å². The van der Waals surface area contributed by atoms with E-state index in [0.717, 1.165) is 24.6 Å². The Hall–Kier alpha value is -1.56. The first-order valence-corrected chi connectivity index (χ1v) is 10.5. The zero-order valence-corrected chi connectivity index (χ0v) is 16.6. The first-order chi connectivity index (χ1) is 12.7. The van der Waals surface area contributed by atoms with Gasteiger partial charge in [0.1, 0.15) is 13.2 Å². The third kappa shape index (κ3) is 4.05. The van der Waals surface area contributed by atoms with Gasteiger partial charge in [-0.25, -0.2) is 0 Å². The van der Waals surface area contributed by atoms with Crippen LogP contribution in [0.2, 0.25) is 0 Å². The summed E-state index contributed by atoms with van der Waals surface area (Å²) in [5.41, 5.74) is 2.73. The van der Waals surface area contributed by atoms with Gasteiger partial charge >= 0.3 is 0 Å². The van der Waals surface area contributed by atoms with Gasteiger partial charge in [0.05, 0.1) is 0 Å². The number of benzene rings is 1. The van der Waals surface area contributed by atoms with Gasteiger partial charge in [0.2, 0.25) is 0 Å². The minimum atomic E-state index is 0.329. The van der Waals surface area contributed by atoms with Crippen molar-refractivity contribution in [1.82, 2.24) is 9.80 Å². The van der Waals surface area contributed by atoms with Gasteiger partial charge in [0, 0.05) is 24.0 Å². The van der Waals surface area contributed by atoms with Crippen LogP contribution in [0.25, 0.3) is 0 Å². The van der Waals surface area contributed by atoms with Crippen molar-refractivity contribution >= 4 is 11.3 Å². The van der Waals surface area contributed by atoms with Crippen LogP contribution in [0.4, 0.5) is 0 Å². The van der Waals surface area contributed by atoms with Crippen molar-refractivity contribution in [3.63, 3.8) is 0 Å². The fraction of sp³-hybridized carbons (Fsp3) is 0.524. The predicted octanol–water partition coefficient (Wildman–Crippen LogP) is 4.31. The van der Waals surface area contributed by atoms with Gasteiger partial charge in [0.15, 0.2) is 11.5 Å². The fourth-order valence-corrected chi connectivity index (χ4v) is 4.69. The van der Waals surface area contributed by atoms with Crippen molar-refractivity contribution in [1.29, 1.82) is 0 Å². The number of thiophene rings is 1. The molecule has 0 spiro atoms. The van der Waals surface area contributed by atoms with E-state index in [-0.39, 0.29) is 0 Å². The van der Waals surface area contributed by atoms with Crippen molar-refractivity contribution in [2.45, 2.75) is 38.9 Å². The van der Waals surface area contributed by atoms with Crippen molar-refractivity contribution in [3.8, 4) is 11.5 Å². The molecule has 0 bridgehead atoms. The molecule has 4 nitrogen and oxygen atoms in total. The van der Waals surface area contributed by atoms with Gasteiger partial charge in [0.25, 0.3) is 0 Å². The lowest BCUT2D eigenvalue weighted by molar-refractivity contribution is 0.170. The van der Waals surface area contributed by atoms with Gasteiger partial charge in [-0.2, -0.15) is 0 Å². The molecule has 0 N–H and O–H groups in total. The third-order valence-corrected chi connectivity index (χ3v) is 6.40. The molecule has 0 amide bonds. The number of ether oxygens (including phenoxy) is 2. The number of hydrogen-bond donors (Lipinski definition) is 0. The molecule has 1 fully saturated rings. The molecule has 140 valence electrons. The molecule has 2 aliphatic rings. The molecule has 0 aliphatic carbocycles. The van der Waals surface area contributed by atoms with Crippen LogP contribution in [0.1, 0.15) is 41.8 Å². The van der Waals surface area contributed by atoms with E-state index in [2.05, 4.69) is 47.4 Å². The van der Waals surface area contributed by atoms with E-state index >= 15 is 0 Å². The molecule has 1 atom stereocenters. The summed E-state index contributed by atoms with van der Waals surface area (Å²) >= 11 is 1.88. The maximum atomic E-state index is 5.73. The monoisotopic (exact) mass is 372 g/mol. The molecule has 0 radical (unpaired) electrons. The van der Waals surface area contributed by atoms with Crippen LogP contribution in [-0.2, 0) is 13.1 Å². The van der Waals surface area contributed by atoms with Crippen LogP contribution in [0.15, 0.2) is 29.6 Å². The lowest BCUT2D eigenvalue weighted by atomic mass is 10.1. The Morgan fingerprint density at radius 2 is 1.88 bits per heavy atom. The van der Waals surface area contributed by atoms with Crippen molar-refractivity contribution < 1.29 is 9.47 Å². The Bertz CT molecular complexity index is 739. The second kappa shape index (κ2) is 7.99. The zero-order valence-electron chi connectivity index (χ0n) is 15.7. The van der Waals surface area contributed by atoms with Gasteiger partial charge in [-0.3, -0.25) is 9.80 Å². The van der Waals surface area contributed by atoms with Gasteiger partial charge < -0.3 is 9.47 Å². The highest BCUT2D eigenvalue weighted by Gasteiger charge is 2.18. The van der Waals surface area contributed by atoms with E-state index in [4.69, 9.17) is 9.47 Å².